The van der Waals surface area contributed by atoms with Crippen LogP contribution in [0.4, 0.5) is 5.69 Å². The first kappa shape index (κ1) is 14.5. The summed E-state index contributed by atoms with van der Waals surface area (Å²) in [5.41, 5.74) is 1.35. The summed E-state index contributed by atoms with van der Waals surface area (Å²) in [6, 6.07) is 6.99. The lowest BCUT2D eigenvalue weighted by Gasteiger charge is -2.31. The van der Waals surface area contributed by atoms with E-state index in [4.69, 9.17) is 4.74 Å². The number of carbonyl (C=O) groups is 2. The molecule has 1 saturated heterocycles. The van der Waals surface area contributed by atoms with Gasteiger partial charge in [-0.25, -0.2) is 0 Å². The standard InChI is InChI=1S/C15H20N2O3/c1-11(18)16-13-5-3-12(4-6-13)15(19)17-9-7-14(20-2)8-10-17/h3-6,14H,7-10H2,1-2H3,(H,16,18). The maximum Gasteiger partial charge on any atom is 0.253 e. The fourth-order valence-electron chi connectivity index (χ4n) is 2.38. The number of piperidine rings is 1. The molecule has 0 unspecified atom stereocenters. The fraction of sp³-hybridized carbons (Fsp3) is 0.467. The molecule has 0 bridgehead atoms. The van der Waals surface area contributed by atoms with Crippen molar-refractivity contribution in [3.63, 3.8) is 0 Å². The van der Waals surface area contributed by atoms with Crippen molar-refractivity contribution in [2.75, 3.05) is 25.5 Å². The number of benzene rings is 1. The normalized spacial score (nSPS) is 16.0. The van der Waals surface area contributed by atoms with Crippen LogP contribution in [0.3, 0.4) is 0 Å². The van der Waals surface area contributed by atoms with Gasteiger partial charge in [0.1, 0.15) is 0 Å². The summed E-state index contributed by atoms with van der Waals surface area (Å²) in [6.45, 7) is 2.91. The smallest absolute Gasteiger partial charge is 0.253 e. The lowest BCUT2D eigenvalue weighted by Crippen LogP contribution is -2.40. The first-order valence-corrected chi connectivity index (χ1v) is 6.80. The molecule has 20 heavy (non-hydrogen) atoms. The van der Waals surface area contributed by atoms with Gasteiger partial charge in [-0.2, -0.15) is 0 Å². The van der Waals surface area contributed by atoms with Gasteiger partial charge < -0.3 is 15.0 Å². The summed E-state index contributed by atoms with van der Waals surface area (Å²) in [6.07, 6.45) is 2.03. The zero-order valence-electron chi connectivity index (χ0n) is 11.9. The molecule has 2 rings (SSSR count). The molecule has 1 aliphatic rings. The maximum absolute atomic E-state index is 12.3. The lowest BCUT2D eigenvalue weighted by molar-refractivity contribution is -0.114. The summed E-state index contributed by atoms with van der Waals surface area (Å²) in [5, 5.41) is 2.68. The Labute approximate surface area is 118 Å². The molecule has 1 N–H and O–H groups in total. The molecular formula is C15H20N2O3. The molecule has 0 radical (unpaired) electrons. The van der Waals surface area contributed by atoms with Gasteiger partial charge in [0.05, 0.1) is 6.10 Å². The van der Waals surface area contributed by atoms with Crippen molar-refractivity contribution in [1.82, 2.24) is 4.90 Å². The first-order valence-electron chi connectivity index (χ1n) is 6.80. The number of hydrogen-bond acceptors (Lipinski definition) is 3. The van der Waals surface area contributed by atoms with Gasteiger partial charge in [0, 0.05) is 38.4 Å². The van der Waals surface area contributed by atoms with Crippen LogP contribution < -0.4 is 5.32 Å². The zero-order chi connectivity index (χ0) is 14.5. The molecule has 5 heteroatoms. The molecule has 0 spiro atoms. The molecule has 5 nitrogen and oxygen atoms in total. The third-order valence-corrected chi connectivity index (χ3v) is 3.51. The van der Waals surface area contributed by atoms with Crippen molar-refractivity contribution in [2.45, 2.75) is 25.9 Å². The van der Waals surface area contributed by atoms with E-state index in [0.29, 0.717) is 11.3 Å². The van der Waals surface area contributed by atoms with Crippen molar-refractivity contribution < 1.29 is 14.3 Å². The number of hydrogen-bond donors (Lipinski definition) is 1. The van der Waals surface area contributed by atoms with E-state index in [0.717, 1.165) is 25.9 Å². The lowest BCUT2D eigenvalue weighted by atomic mass is 10.1. The van der Waals surface area contributed by atoms with E-state index in [2.05, 4.69) is 5.32 Å². The summed E-state index contributed by atoms with van der Waals surface area (Å²) >= 11 is 0. The van der Waals surface area contributed by atoms with E-state index < -0.39 is 0 Å². The minimum Gasteiger partial charge on any atom is -0.381 e. The Morgan fingerprint density at radius 1 is 1.20 bits per heavy atom. The van der Waals surface area contributed by atoms with E-state index >= 15 is 0 Å². The largest absolute Gasteiger partial charge is 0.381 e. The summed E-state index contributed by atoms with van der Waals surface area (Å²) in [7, 11) is 1.71. The number of nitrogens with zero attached hydrogens (tertiary/aromatic N) is 1. The van der Waals surface area contributed by atoms with E-state index in [-0.39, 0.29) is 17.9 Å². The molecule has 108 valence electrons. The molecule has 0 aliphatic carbocycles. The Kier molecular flexibility index (Phi) is 4.74. The van der Waals surface area contributed by atoms with Crippen LogP contribution in [0.1, 0.15) is 30.1 Å². The molecule has 1 heterocycles. The van der Waals surface area contributed by atoms with Crippen LogP contribution in [0.15, 0.2) is 24.3 Å². The number of anilines is 1. The van der Waals surface area contributed by atoms with Crippen molar-refractivity contribution >= 4 is 17.5 Å². The Balaban J connectivity index is 1.97. The number of methoxy groups -OCH3 is 1. The highest BCUT2D eigenvalue weighted by Crippen LogP contribution is 2.17. The van der Waals surface area contributed by atoms with E-state index in [9.17, 15) is 9.59 Å². The van der Waals surface area contributed by atoms with Crippen LogP contribution in [0, 0.1) is 0 Å². The topological polar surface area (TPSA) is 58.6 Å². The van der Waals surface area contributed by atoms with Crippen molar-refractivity contribution in [2.24, 2.45) is 0 Å². The highest BCUT2D eigenvalue weighted by atomic mass is 16.5. The van der Waals surface area contributed by atoms with Crippen molar-refractivity contribution in [3.8, 4) is 0 Å². The summed E-state index contributed by atoms with van der Waals surface area (Å²) in [5.74, 6) is -0.0837. The second-order valence-electron chi connectivity index (χ2n) is 4.99. The number of nitrogens with one attached hydrogen (secondary N) is 1. The third-order valence-electron chi connectivity index (χ3n) is 3.51. The molecular weight excluding hydrogens is 256 g/mol. The Hall–Kier alpha value is -1.88. The quantitative estimate of drug-likeness (QED) is 0.917. The number of likely N-dealkylation sites (tertiary alicyclic amines) is 1. The second kappa shape index (κ2) is 6.52. The van der Waals surface area contributed by atoms with Crippen LogP contribution in [0.5, 0.6) is 0 Å². The summed E-state index contributed by atoms with van der Waals surface area (Å²) in [4.78, 5) is 25.1. The minimum absolute atomic E-state index is 0.0360. The summed E-state index contributed by atoms with van der Waals surface area (Å²) < 4.78 is 5.30. The molecule has 1 fully saturated rings. The van der Waals surface area contributed by atoms with Crippen LogP contribution >= 0.6 is 0 Å². The number of carbonyl (C=O) groups excluding carboxylic acids is 2. The predicted molar refractivity (Wildman–Crippen MR) is 76.7 cm³/mol. The first-order chi connectivity index (χ1) is 9.60. The van der Waals surface area contributed by atoms with Gasteiger partial charge in [0.2, 0.25) is 5.91 Å². The number of rotatable bonds is 3. The Morgan fingerprint density at radius 3 is 2.30 bits per heavy atom. The molecule has 0 aromatic heterocycles. The van der Waals surface area contributed by atoms with Crippen LogP contribution in [0.2, 0.25) is 0 Å². The van der Waals surface area contributed by atoms with Gasteiger partial charge in [-0.1, -0.05) is 0 Å². The van der Waals surface area contributed by atoms with Gasteiger partial charge in [0.15, 0.2) is 0 Å². The monoisotopic (exact) mass is 276 g/mol. The highest BCUT2D eigenvalue weighted by molar-refractivity contribution is 5.95. The van der Waals surface area contributed by atoms with Crippen molar-refractivity contribution in [3.05, 3.63) is 29.8 Å². The average Bonchev–Trinajstić information content (AvgIpc) is 2.47. The average molecular weight is 276 g/mol. The van der Waals surface area contributed by atoms with E-state index in [1.807, 2.05) is 4.90 Å². The Morgan fingerprint density at radius 2 is 1.80 bits per heavy atom. The minimum atomic E-state index is -0.120. The van der Waals surface area contributed by atoms with Gasteiger partial charge >= 0.3 is 0 Å². The molecule has 0 atom stereocenters. The second-order valence-corrected chi connectivity index (χ2v) is 4.99. The van der Waals surface area contributed by atoms with Crippen molar-refractivity contribution in [1.29, 1.82) is 0 Å². The number of amides is 2. The molecule has 1 aliphatic heterocycles. The molecule has 0 saturated carbocycles. The Bertz CT molecular complexity index is 476. The molecule has 2 amide bonds. The van der Waals surface area contributed by atoms with Gasteiger partial charge in [-0.15, -0.1) is 0 Å². The van der Waals surface area contributed by atoms with Crippen LogP contribution in [-0.2, 0) is 9.53 Å². The molecule has 1 aromatic rings. The van der Waals surface area contributed by atoms with Gasteiger partial charge in [-0.05, 0) is 37.1 Å². The van der Waals surface area contributed by atoms with Crippen LogP contribution in [0.25, 0.3) is 0 Å². The van der Waals surface area contributed by atoms with E-state index in [1.165, 1.54) is 6.92 Å². The maximum atomic E-state index is 12.3. The van der Waals surface area contributed by atoms with Gasteiger partial charge in [0.25, 0.3) is 5.91 Å². The SMILES string of the molecule is COC1CCN(C(=O)c2ccc(NC(C)=O)cc2)CC1. The van der Waals surface area contributed by atoms with E-state index in [1.54, 1.807) is 31.4 Å². The third kappa shape index (κ3) is 3.57. The fourth-order valence-corrected chi connectivity index (χ4v) is 2.38. The highest BCUT2D eigenvalue weighted by Gasteiger charge is 2.23. The van der Waals surface area contributed by atoms with Crippen LogP contribution in [-0.4, -0.2) is 43.0 Å². The predicted octanol–water partition coefficient (Wildman–Crippen LogP) is 1.90. The molecule has 1 aromatic carbocycles. The number of ether oxygens (including phenoxy) is 1. The van der Waals surface area contributed by atoms with Gasteiger partial charge in [-0.3, -0.25) is 9.59 Å². The zero-order valence-corrected chi connectivity index (χ0v) is 11.9.